The van der Waals surface area contributed by atoms with Gasteiger partial charge in [0.05, 0.1) is 12.7 Å². The highest BCUT2D eigenvalue weighted by Gasteiger charge is 2.04. The fourth-order valence-corrected chi connectivity index (χ4v) is 3.86. The molecule has 1 unspecified atom stereocenters. The topological polar surface area (TPSA) is 29.5 Å². The largest absolute Gasteiger partial charge is 0.391 e. The van der Waals surface area contributed by atoms with E-state index in [-0.39, 0.29) is 6.10 Å². The van der Waals surface area contributed by atoms with Crippen molar-refractivity contribution in [3.63, 3.8) is 0 Å². The Bertz CT molecular complexity index is 267. The monoisotopic (exact) mass is 398 g/mol. The van der Waals surface area contributed by atoms with Crippen LogP contribution >= 0.6 is 0 Å². The number of ether oxygens (including phenoxy) is 1. The fraction of sp³-hybridized carbons (Fsp3) is 1.00. The smallest absolute Gasteiger partial charge is 0.0773 e. The van der Waals surface area contributed by atoms with Crippen LogP contribution in [0.4, 0.5) is 0 Å². The molecule has 0 spiro atoms. The predicted octanol–water partition coefficient (Wildman–Crippen LogP) is 8.60. The third kappa shape index (κ3) is 24.0. The molecule has 2 heteroatoms. The Kier molecular flexibility index (Phi) is 24.9. The molecule has 0 aromatic rings. The number of hydrogen-bond acceptors (Lipinski definition) is 2. The molecule has 0 heterocycles. The Balaban J connectivity index is 3.12. The molecule has 0 rings (SSSR count). The van der Waals surface area contributed by atoms with E-state index in [1.165, 1.54) is 116 Å². The standard InChI is InChI=1S/C26H54O2/c1-3-5-7-9-11-13-15-17-19-21-23-26(27)25-28-24-22-20-18-16-14-12-10-8-6-4-2/h26-27H,3-25H2,1-2H3. The second-order valence-corrected chi connectivity index (χ2v) is 8.88. The molecule has 0 saturated carbocycles. The Morgan fingerprint density at radius 3 is 1.29 bits per heavy atom. The Labute approximate surface area is 178 Å². The zero-order chi connectivity index (χ0) is 20.5. The van der Waals surface area contributed by atoms with Crippen molar-refractivity contribution in [3.05, 3.63) is 0 Å². The SMILES string of the molecule is CCCCCCCCCCCCOCC(O)CCCCCCCCCCCC. The molecular formula is C26H54O2. The molecule has 2 nitrogen and oxygen atoms in total. The predicted molar refractivity (Wildman–Crippen MR) is 125 cm³/mol. The number of aliphatic hydroxyl groups is 1. The molecule has 0 aliphatic heterocycles. The molecule has 0 bridgehead atoms. The summed E-state index contributed by atoms with van der Waals surface area (Å²) >= 11 is 0. The summed E-state index contributed by atoms with van der Waals surface area (Å²) in [5.74, 6) is 0. The van der Waals surface area contributed by atoms with E-state index in [4.69, 9.17) is 4.74 Å². The Hall–Kier alpha value is -0.0800. The van der Waals surface area contributed by atoms with E-state index < -0.39 is 0 Å². The highest BCUT2D eigenvalue weighted by atomic mass is 16.5. The lowest BCUT2D eigenvalue weighted by Gasteiger charge is -2.11. The molecule has 0 radical (unpaired) electrons. The second kappa shape index (κ2) is 25.0. The lowest BCUT2D eigenvalue weighted by molar-refractivity contribution is 0.0297. The van der Waals surface area contributed by atoms with Crippen LogP contribution in [-0.2, 0) is 4.74 Å². The first-order valence-electron chi connectivity index (χ1n) is 13.1. The van der Waals surface area contributed by atoms with E-state index in [1.54, 1.807) is 0 Å². The van der Waals surface area contributed by atoms with E-state index in [1.807, 2.05) is 0 Å². The van der Waals surface area contributed by atoms with Crippen LogP contribution in [0.2, 0.25) is 0 Å². The maximum atomic E-state index is 10.0. The maximum absolute atomic E-state index is 10.0. The molecule has 0 aromatic heterocycles. The van der Waals surface area contributed by atoms with E-state index in [0.29, 0.717) is 6.61 Å². The first kappa shape index (κ1) is 27.9. The summed E-state index contributed by atoms with van der Waals surface area (Å²) in [7, 11) is 0. The zero-order valence-corrected chi connectivity index (χ0v) is 19.7. The number of rotatable bonds is 24. The van der Waals surface area contributed by atoms with E-state index in [9.17, 15) is 5.11 Å². The summed E-state index contributed by atoms with van der Waals surface area (Å²) in [5, 5.41) is 10.0. The Morgan fingerprint density at radius 1 is 0.500 bits per heavy atom. The van der Waals surface area contributed by atoms with E-state index >= 15 is 0 Å². The van der Waals surface area contributed by atoms with Crippen LogP contribution in [-0.4, -0.2) is 24.4 Å². The fourth-order valence-electron chi connectivity index (χ4n) is 3.86. The molecule has 28 heavy (non-hydrogen) atoms. The highest BCUT2D eigenvalue weighted by molar-refractivity contribution is 4.56. The summed E-state index contributed by atoms with van der Waals surface area (Å²) in [6.07, 6.45) is 27.8. The number of hydrogen-bond donors (Lipinski definition) is 1. The van der Waals surface area contributed by atoms with Crippen LogP contribution in [0.5, 0.6) is 0 Å². The van der Waals surface area contributed by atoms with Gasteiger partial charge >= 0.3 is 0 Å². The lowest BCUT2D eigenvalue weighted by atomic mass is 10.0. The first-order chi connectivity index (χ1) is 13.8. The minimum Gasteiger partial charge on any atom is -0.391 e. The summed E-state index contributed by atoms with van der Waals surface area (Å²) in [6, 6.07) is 0. The molecule has 0 amide bonds. The van der Waals surface area contributed by atoms with Crippen LogP contribution in [0, 0.1) is 0 Å². The van der Waals surface area contributed by atoms with Crippen molar-refractivity contribution in [1.82, 2.24) is 0 Å². The van der Waals surface area contributed by atoms with Gasteiger partial charge in [-0.3, -0.25) is 0 Å². The van der Waals surface area contributed by atoms with Gasteiger partial charge in [0.2, 0.25) is 0 Å². The van der Waals surface area contributed by atoms with Crippen molar-refractivity contribution in [3.8, 4) is 0 Å². The average Bonchev–Trinajstić information content (AvgIpc) is 2.70. The van der Waals surface area contributed by atoms with Crippen molar-refractivity contribution >= 4 is 0 Å². The van der Waals surface area contributed by atoms with Gasteiger partial charge in [0.1, 0.15) is 0 Å². The maximum Gasteiger partial charge on any atom is 0.0773 e. The van der Waals surface area contributed by atoms with Gasteiger partial charge in [-0.1, -0.05) is 136 Å². The average molecular weight is 399 g/mol. The van der Waals surface area contributed by atoms with Gasteiger partial charge in [0, 0.05) is 6.61 Å². The van der Waals surface area contributed by atoms with E-state index in [2.05, 4.69) is 13.8 Å². The van der Waals surface area contributed by atoms with Crippen LogP contribution in [0.1, 0.15) is 149 Å². The van der Waals surface area contributed by atoms with Crippen molar-refractivity contribution in [2.75, 3.05) is 13.2 Å². The van der Waals surface area contributed by atoms with Gasteiger partial charge < -0.3 is 9.84 Å². The normalized spacial score (nSPS) is 12.5. The number of unbranched alkanes of at least 4 members (excludes halogenated alkanes) is 18. The molecule has 0 aliphatic carbocycles. The molecule has 0 aliphatic rings. The highest BCUT2D eigenvalue weighted by Crippen LogP contribution is 2.13. The van der Waals surface area contributed by atoms with Crippen LogP contribution in [0.3, 0.4) is 0 Å². The van der Waals surface area contributed by atoms with Crippen LogP contribution < -0.4 is 0 Å². The van der Waals surface area contributed by atoms with Gasteiger partial charge in [-0.25, -0.2) is 0 Å². The molecule has 0 fully saturated rings. The van der Waals surface area contributed by atoms with Gasteiger partial charge in [0.25, 0.3) is 0 Å². The van der Waals surface area contributed by atoms with Gasteiger partial charge in [-0.2, -0.15) is 0 Å². The molecule has 0 aromatic carbocycles. The van der Waals surface area contributed by atoms with Crippen LogP contribution in [0.25, 0.3) is 0 Å². The number of aliphatic hydroxyl groups excluding tert-OH is 1. The minimum atomic E-state index is -0.253. The van der Waals surface area contributed by atoms with Gasteiger partial charge in [-0.05, 0) is 12.8 Å². The zero-order valence-electron chi connectivity index (χ0n) is 19.7. The summed E-state index contributed by atoms with van der Waals surface area (Å²) in [4.78, 5) is 0. The third-order valence-electron chi connectivity index (χ3n) is 5.84. The van der Waals surface area contributed by atoms with Crippen LogP contribution in [0.15, 0.2) is 0 Å². The molecule has 1 atom stereocenters. The third-order valence-corrected chi connectivity index (χ3v) is 5.84. The Morgan fingerprint density at radius 2 is 0.857 bits per heavy atom. The molecule has 0 saturated heterocycles. The van der Waals surface area contributed by atoms with Crippen molar-refractivity contribution in [1.29, 1.82) is 0 Å². The lowest BCUT2D eigenvalue weighted by Crippen LogP contribution is -2.15. The molecule has 1 N–H and O–H groups in total. The quantitative estimate of drug-likeness (QED) is 0.165. The van der Waals surface area contributed by atoms with Gasteiger partial charge in [-0.15, -0.1) is 0 Å². The summed E-state index contributed by atoms with van der Waals surface area (Å²) in [6.45, 7) is 5.91. The first-order valence-corrected chi connectivity index (χ1v) is 13.1. The second-order valence-electron chi connectivity index (χ2n) is 8.88. The minimum absolute atomic E-state index is 0.253. The van der Waals surface area contributed by atoms with Crippen molar-refractivity contribution < 1.29 is 9.84 Å². The summed E-state index contributed by atoms with van der Waals surface area (Å²) < 4.78 is 5.66. The van der Waals surface area contributed by atoms with Crippen molar-refractivity contribution in [2.45, 2.75) is 155 Å². The summed E-state index contributed by atoms with van der Waals surface area (Å²) in [5.41, 5.74) is 0. The van der Waals surface area contributed by atoms with E-state index in [0.717, 1.165) is 25.9 Å². The molecule has 170 valence electrons. The van der Waals surface area contributed by atoms with Crippen molar-refractivity contribution in [2.24, 2.45) is 0 Å². The molecular weight excluding hydrogens is 344 g/mol. The van der Waals surface area contributed by atoms with Gasteiger partial charge in [0.15, 0.2) is 0 Å².